The molecule has 2 atom stereocenters. The Morgan fingerprint density at radius 1 is 1.32 bits per heavy atom. The number of fused-ring (bicyclic) bond motifs is 1. The highest BCUT2D eigenvalue weighted by Crippen LogP contribution is 2.34. The Hall–Kier alpha value is -3.52. The number of anilines is 1. The fourth-order valence-electron chi connectivity index (χ4n) is 4.55. The molecule has 0 bridgehead atoms. The van der Waals surface area contributed by atoms with Crippen molar-refractivity contribution in [3.63, 3.8) is 0 Å². The average Bonchev–Trinajstić information content (AvgIpc) is 3.62. The van der Waals surface area contributed by atoms with Crippen molar-refractivity contribution < 1.29 is 26.9 Å². The summed E-state index contributed by atoms with van der Waals surface area (Å²) in [5.41, 5.74) is 2.55. The first kappa shape index (κ1) is 26.1. The van der Waals surface area contributed by atoms with Crippen LogP contribution in [0.4, 0.5) is 23.2 Å². The predicted molar refractivity (Wildman–Crippen MR) is 134 cm³/mol. The highest BCUT2D eigenvalue weighted by atomic mass is 32.1. The van der Waals surface area contributed by atoms with E-state index in [0.717, 1.165) is 22.4 Å². The summed E-state index contributed by atoms with van der Waals surface area (Å²) in [5.74, 6) is -0.582. The zero-order valence-corrected chi connectivity index (χ0v) is 21.2. The number of likely N-dealkylation sites (tertiary alicyclic amines) is 1. The van der Waals surface area contributed by atoms with Crippen molar-refractivity contribution in [1.29, 1.82) is 0 Å². The lowest BCUT2D eigenvalue weighted by Gasteiger charge is -2.32. The maximum atomic E-state index is 14.5. The molecule has 1 aliphatic heterocycles. The fraction of sp³-hybridized carbons (Fsp3) is 0.417. The van der Waals surface area contributed by atoms with Crippen molar-refractivity contribution in [1.82, 2.24) is 29.9 Å². The molecule has 0 spiro atoms. The molecule has 5 rings (SSSR count). The molecule has 4 heterocycles. The lowest BCUT2D eigenvalue weighted by molar-refractivity contribution is -0.139. The SMILES string of the molecule is CN1CC[C@@H](CNc2cccc3c2cc(-c2noc(CNC(=O)c4cncs4)n2)n3CC(F)(F)F)[C@@H](F)C1. The van der Waals surface area contributed by atoms with Crippen LogP contribution < -0.4 is 10.6 Å². The number of rotatable bonds is 8. The fourth-order valence-corrected chi connectivity index (χ4v) is 5.09. The van der Waals surface area contributed by atoms with Crippen LogP contribution in [-0.2, 0) is 13.1 Å². The molecular formula is C24H25F4N7O2S. The maximum Gasteiger partial charge on any atom is 0.406 e. The van der Waals surface area contributed by atoms with Crippen LogP contribution >= 0.6 is 11.3 Å². The van der Waals surface area contributed by atoms with E-state index >= 15 is 0 Å². The van der Waals surface area contributed by atoms with Gasteiger partial charge in [0.2, 0.25) is 11.7 Å². The lowest BCUT2D eigenvalue weighted by atomic mass is 9.95. The molecule has 38 heavy (non-hydrogen) atoms. The molecule has 1 aromatic carbocycles. The molecule has 0 unspecified atom stereocenters. The van der Waals surface area contributed by atoms with E-state index in [4.69, 9.17) is 4.52 Å². The Labute approximate surface area is 218 Å². The summed E-state index contributed by atoms with van der Waals surface area (Å²) in [4.78, 5) is 22.5. The van der Waals surface area contributed by atoms with Gasteiger partial charge in [-0.1, -0.05) is 11.2 Å². The molecule has 202 valence electrons. The summed E-state index contributed by atoms with van der Waals surface area (Å²) in [7, 11) is 1.88. The zero-order valence-electron chi connectivity index (χ0n) is 20.3. The first-order valence-corrected chi connectivity index (χ1v) is 12.8. The Bertz CT molecular complexity index is 1400. The second-order valence-electron chi connectivity index (χ2n) is 9.24. The van der Waals surface area contributed by atoms with Crippen molar-refractivity contribution >= 4 is 33.8 Å². The van der Waals surface area contributed by atoms with Crippen LogP contribution in [-0.4, -0.2) is 69.5 Å². The van der Waals surface area contributed by atoms with Crippen LogP contribution in [0.2, 0.25) is 0 Å². The average molecular weight is 552 g/mol. The third-order valence-corrected chi connectivity index (χ3v) is 7.24. The number of carbonyl (C=O) groups is 1. The quantitative estimate of drug-likeness (QED) is 0.314. The van der Waals surface area contributed by atoms with E-state index in [1.54, 1.807) is 24.3 Å². The zero-order chi connectivity index (χ0) is 26.9. The number of aromatic nitrogens is 4. The van der Waals surface area contributed by atoms with Gasteiger partial charge in [0.1, 0.15) is 17.6 Å². The van der Waals surface area contributed by atoms with Crippen LogP contribution in [0.3, 0.4) is 0 Å². The molecule has 0 radical (unpaired) electrons. The molecule has 1 aliphatic rings. The van der Waals surface area contributed by atoms with Crippen LogP contribution in [0.1, 0.15) is 22.0 Å². The van der Waals surface area contributed by atoms with Gasteiger partial charge in [-0.05, 0) is 38.2 Å². The van der Waals surface area contributed by atoms with Crippen molar-refractivity contribution in [2.24, 2.45) is 5.92 Å². The van der Waals surface area contributed by atoms with E-state index in [2.05, 4.69) is 25.8 Å². The number of amides is 1. The number of nitrogens with zero attached hydrogens (tertiary/aromatic N) is 5. The summed E-state index contributed by atoms with van der Waals surface area (Å²) in [6.45, 7) is 0.140. The normalized spacial score (nSPS) is 18.7. The van der Waals surface area contributed by atoms with Crippen LogP contribution in [0.15, 0.2) is 40.5 Å². The Morgan fingerprint density at radius 3 is 2.89 bits per heavy atom. The maximum absolute atomic E-state index is 14.5. The van der Waals surface area contributed by atoms with Crippen molar-refractivity contribution in [3.8, 4) is 11.5 Å². The van der Waals surface area contributed by atoms with E-state index in [9.17, 15) is 22.4 Å². The van der Waals surface area contributed by atoms with Crippen LogP contribution in [0, 0.1) is 5.92 Å². The molecule has 2 N–H and O–H groups in total. The molecule has 1 saturated heterocycles. The third kappa shape index (κ3) is 5.80. The second-order valence-corrected chi connectivity index (χ2v) is 10.1. The summed E-state index contributed by atoms with van der Waals surface area (Å²) < 4.78 is 61.5. The summed E-state index contributed by atoms with van der Waals surface area (Å²) in [5, 5.41) is 10.3. The second kappa shape index (κ2) is 10.7. The highest BCUT2D eigenvalue weighted by molar-refractivity contribution is 7.11. The Kier molecular flexibility index (Phi) is 7.34. The number of hydrogen-bond acceptors (Lipinski definition) is 8. The minimum absolute atomic E-state index is 0.0382. The molecule has 1 fully saturated rings. The molecule has 14 heteroatoms. The number of benzene rings is 1. The minimum Gasteiger partial charge on any atom is -0.384 e. The van der Waals surface area contributed by atoms with E-state index in [1.165, 1.54) is 11.7 Å². The van der Waals surface area contributed by atoms with Gasteiger partial charge in [-0.2, -0.15) is 18.2 Å². The molecule has 0 aliphatic carbocycles. The van der Waals surface area contributed by atoms with Gasteiger partial charge in [0.05, 0.1) is 29.5 Å². The third-order valence-electron chi connectivity index (χ3n) is 6.47. The van der Waals surface area contributed by atoms with Gasteiger partial charge >= 0.3 is 6.18 Å². The van der Waals surface area contributed by atoms with E-state index < -0.39 is 18.9 Å². The molecule has 1 amide bonds. The summed E-state index contributed by atoms with van der Waals surface area (Å²) >= 11 is 1.16. The van der Waals surface area contributed by atoms with Crippen LogP contribution in [0.25, 0.3) is 22.4 Å². The standard InChI is InChI=1S/C24H25F4N7O2S/c1-34-6-5-14(16(25)11-34)8-30-17-3-2-4-18-15(17)7-19(35(18)12-24(26,27)28)22-32-21(37-33-22)10-31-23(36)20-9-29-13-38-20/h2-4,7,9,13-14,16,30H,5-6,8,10-12H2,1H3,(H,31,36)/t14-,16-/m0/s1. The number of hydrogen-bond donors (Lipinski definition) is 2. The predicted octanol–water partition coefficient (Wildman–Crippen LogP) is 4.34. The highest BCUT2D eigenvalue weighted by Gasteiger charge is 2.32. The van der Waals surface area contributed by atoms with Gasteiger partial charge in [0.25, 0.3) is 5.91 Å². The molecule has 3 aromatic heterocycles. The van der Waals surface area contributed by atoms with Gasteiger partial charge in [-0.3, -0.25) is 9.78 Å². The van der Waals surface area contributed by atoms with Gasteiger partial charge in [0.15, 0.2) is 0 Å². The van der Waals surface area contributed by atoms with Gasteiger partial charge in [-0.15, -0.1) is 11.3 Å². The number of carbonyl (C=O) groups excluding carboxylic acids is 1. The first-order chi connectivity index (χ1) is 18.2. The van der Waals surface area contributed by atoms with Crippen LogP contribution in [0.5, 0.6) is 0 Å². The molecular weight excluding hydrogens is 526 g/mol. The van der Waals surface area contributed by atoms with E-state index in [0.29, 0.717) is 41.0 Å². The summed E-state index contributed by atoms with van der Waals surface area (Å²) in [6, 6.07) is 6.55. The number of alkyl halides is 4. The molecule has 0 saturated carbocycles. The van der Waals surface area contributed by atoms with Gasteiger partial charge < -0.3 is 24.6 Å². The topological polar surface area (TPSA) is 101 Å². The Balaban J connectivity index is 1.40. The smallest absolute Gasteiger partial charge is 0.384 e. The lowest BCUT2D eigenvalue weighted by Crippen LogP contribution is -2.41. The molecule has 4 aromatic rings. The van der Waals surface area contributed by atoms with Gasteiger partial charge in [-0.25, -0.2) is 4.39 Å². The monoisotopic (exact) mass is 551 g/mol. The minimum atomic E-state index is -4.50. The van der Waals surface area contributed by atoms with Crippen molar-refractivity contribution in [2.45, 2.75) is 31.9 Å². The number of thiazole rings is 1. The van der Waals surface area contributed by atoms with Crippen molar-refractivity contribution in [2.75, 3.05) is 32.0 Å². The van der Waals surface area contributed by atoms with E-state index in [1.807, 2.05) is 11.9 Å². The van der Waals surface area contributed by atoms with E-state index in [-0.39, 0.29) is 35.8 Å². The molecule has 9 nitrogen and oxygen atoms in total. The number of halogens is 4. The largest absolute Gasteiger partial charge is 0.406 e. The summed E-state index contributed by atoms with van der Waals surface area (Å²) in [6.07, 6.45) is -3.39. The number of nitrogens with one attached hydrogen (secondary N) is 2. The first-order valence-electron chi connectivity index (χ1n) is 11.9. The van der Waals surface area contributed by atoms with Gasteiger partial charge in [0, 0.05) is 30.1 Å². The van der Waals surface area contributed by atoms with Crippen molar-refractivity contribution in [3.05, 3.63) is 46.7 Å². The number of piperidine rings is 1. The Morgan fingerprint density at radius 2 is 2.16 bits per heavy atom.